The summed E-state index contributed by atoms with van der Waals surface area (Å²) in [6.45, 7) is 1.39. The van der Waals surface area contributed by atoms with E-state index >= 15 is 0 Å². The third-order valence-corrected chi connectivity index (χ3v) is 3.47. The molecule has 1 aromatic carbocycles. The Bertz CT molecular complexity index is 445. The molecule has 0 aliphatic carbocycles. The molecule has 19 heavy (non-hydrogen) atoms. The second-order valence-electron chi connectivity index (χ2n) is 4.95. The molecule has 0 saturated carbocycles. The van der Waals surface area contributed by atoms with Crippen molar-refractivity contribution in [3.05, 3.63) is 35.4 Å². The van der Waals surface area contributed by atoms with Crippen LogP contribution >= 0.6 is 0 Å². The van der Waals surface area contributed by atoms with E-state index in [0.29, 0.717) is 6.54 Å². The minimum Gasteiger partial charge on any atom is -0.396 e. The maximum atomic E-state index is 13.5. The molecule has 0 amide bonds. The lowest BCUT2D eigenvalue weighted by molar-refractivity contribution is 0.0826. The molecular weight excluding hydrogens is 252 g/mol. The van der Waals surface area contributed by atoms with E-state index in [4.69, 9.17) is 5.11 Å². The first kappa shape index (κ1) is 14.1. The van der Waals surface area contributed by atoms with Crippen molar-refractivity contribution < 1.29 is 18.7 Å². The maximum absolute atomic E-state index is 13.5. The van der Waals surface area contributed by atoms with Crippen molar-refractivity contribution >= 4 is 5.78 Å². The second-order valence-corrected chi connectivity index (χ2v) is 4.95. The van der Waals surface area contributed by atoms with Gasteiger partial charge in [0, 0.05) is 13.2 Å². The van der Waals surface area contributed by atoms with E-state index in [-0.39, 0.29) is 19.1 Å². The van der Waals surface area contributed by atoms with Crippen LogP contribution in [0.25, 0.3) is 0 Å². The molecule has 0 spiro atoms. The normalized spacial score (nSPS) is 20.5. The summed E-state index contributed by atoms with van der Waals surface area (Å²) in [7, 11) is 0. The lowest BCUT2D eigenvalue weighted by Gasteiger charge is -2.31. The Labute approximate surface area is 110 Å². The van der Waals surface area contributed by atoms with Crippen LogP contribution in [0, 0.1) is 17.6 Å². The van der Waals surface area contributed by atoms with Crippen molar-refractivity contribution in [3.8, 4) is 0 Å². The standard InChI is InChI=1S/C14H17F2NO2/c15-11-4-1-5-12(16)14(11)13(19)8-17-6-2-3-10(7-17)9-18/h1,4-5,10,18H,2-3,6-9H2. The number of ketones is 1. The molecule has 3 nitrogen and oxygen atoms in total. The molecule has 1 atom stereocenters. The molecular formula is C14H17F2NO2. The summed E-state index contributed by atoms with van der Waals surface area (Å²) < 4.78 is 27.0. The third-order valence-electron chi connectivity index (χ3n) is 3.47. The first-order valence-corrected chi connectivity index (χ1v) is 6.42. The smallest absolute Gasteiger partial charge is 0.182 e. The molecule has 0 radical (unpaired) electrons. The number of piperidine rings is 1. The van der Waals surface area contributed by atoms with Gasteiger partial charge in [0.25, 0.3) is 0 Å². The van der Waals surface area contributed by atoms with E-state index in [2.05, 4.69) is 0 Å². The van der Waals surface area contributed by atoms with Gasteiger partial charge in [-0.3, -0.25) is 9.69 Å². The van der Waals surface area contributed by atoms with Crippen LogP contribution in [0.1, 0.15) is 23.2 Å². The van der Waals surface area contributed by atoms with Gasteiger partial charge in [-0.25, -0.2) is 8.78 Å². The van der Waals surface area contributed by atoms with Crippen molar-refractivity contribution in [2.24, 2.45) is 5.92 Å². The van der Waals surface area contributed by atoms with Crippen molar-refractivity contribution in [3.63, 3.8) is 0 Å². The third kappa shape index (κ3) is 3.36. The van der Waals surface area contributed by atoms with Gasteiger partial charge in [0.1, 0.15) is 11.6 Å². The zero-order chi connectivity index (χ0) is 13.8. The largest absolute Gasteiger partial charge is 0.396 e. The van der Waals surface area contributed by atoms with Crippen LogP contribution < -0.4 is 0 Å². The Balaban J connectivity index is 2.05. The Morgan fingerprint density at radius 1 is 1.37 bits per heavy atom. The Hall–Kier alpha value is -1.33. The Kier molecular flexibility index (Phi) is 4.61. The van der Waals surface area contributed by atoms with Gasteiger partial charge in [-0.1, -0.05) is 6.07 Å². The van der Waals surface area contributed by atoms with Crippen LogP contribution in [-0.2, 0) is 0 Å². The second kappa shape index (κ2) is 6.21. The van der Waals surface area contributed by atoms with Gasteiger partial charge < -0.3 is 5.11 Å². The number of aliphatic hydroxyl groups excluding tert-OH is 1. The molecule has 0 aromatic heterocycles. The fourth-order valence-corrected chi connectivity index (χ4v) is 2.49. The molecule has 1 fully saturated rings. The molecule has 0 bridgehead atoms. The number of benzene rings is 1. The molecule has 104 valence electrons. The van der Waals surface area contributed by atoms with Crippen molar-refractivity contribution in [2.45, 2.75) is 12.8 Å². The Morgan fingerprint density at radius 3 is 2.68 bits per heavy atom. The highest BCUT2D eigenvalue weighted by Crippen LogP contribution is 2.18. The first-order chi connectivity index (χ1) is 9.11. The number of carbonyl (C=O) groups excluding carboxylic acids is 1. The number of halogens is 2. The number of likely N-dealkylation sites (tertiary alicyclic amines) is 1. The van der Waals surface area contributed by atoms with Crippen LogP contribution in [0.2, 0.25) is 0 Å². The molecule has 1 N–H and O–H groups in total. The van der Waals surface area contributed by atoms with Crippen molar-refractivity contribution in [2.75, 3.05) is 26.2 Å². The molecule has 1 heterocycles. The van der Waals surface area contributed by atoms with Crippen LogP contribution in [0.3, 0.4) is 0 Å². The van der Waals surface area contributed by atoms with E-state index in [9.17, 15) is 13.6 Å². The number of aliphatic hydroxyl groups is 1. The summed E-state index contributed by atoms with van der Waals surface area (Å²) in [6, 6.07) is 3.41. The Morgan fingerprint density at radius 2 is 2.05 bits per heavy atom. The minimum atomic E-state index is -0.819. The van der Waals surface area contributed by atoms with Crippen LogP contribution in [0.5, 0.6) is 0 Å². The lowest BCUT2D eigenvalue weighted by Crippen LogP contribution is -2.40. The molecule has 1 aliphatic rings. The van der Waals surface area contributed by atoms with E-state index in [1.807, 2.05) is 4.90 Å². The van der Waals surface area contributed by atoms with Gasteiger partial charge in [0.2, 0.25) is 0 Å². The summed E-state index contributed by atoms with van der Waals surface area (Å²) in [5.41, 5.74) is -0.464. The topological polar surface area (TPSA) is 40.5 Å². The van der Waals surface area contributed by atoms with Gasteiger partial charge in [-0.2, -0.15) is 0 Å². The highest BCUT2D eigenvalue weighted by molar-refractivity contribution is 5.98. The van der Waals surface area contributed by atoms with E-state index in [1.54, 1.807) is 0 Å². The van der Waals surface area contributed by atoms with Gasteiger partial charge >= 0.3 is 0 Å². The van der Waals surface area contributed by atoms with E-state index in [1.165, 1.54) is 6.07 Å². The number of nitrogens with zero attached hydrogens (tertiary/aromatic N) is 1. The van der Waals surface area contributed by atoms with Gasteiger partial charge in [0.05, 0.1) is 12.1 Å². The summed E-state index contributed by atoms with van der Waals surface area (Å²) >= 11 is 0. The summed E-state index contributed by atoms with van der Waals surface area (Å²) in [5.74, 6) is -2.04. The molecule has 2 rings (SSSR count). The highest BCUT2D eigenvalue weighted by Gasteiger charge is 2.24. The number of Topliss-reactive ketones (excluding diaryl/α,β-unsaturated/α-hetero) is 1. The van der Waals surface area contributed by atoms with Crippen LogP contribution in [-0.4, -0.2) is 42.0 Å². The van der Waals surface area contributed by atoms with Gasteiger partial charge in [0.15, 0.2) is 5.78 Å². The quantitative estimate of drug-likeness (QED) is 0.848. The first-order valence-electron chi connectivity index (χ1n) is 6.42. The van der Waals surface area contributed by atoms with Crippen molar-refractivity contribution in [1.82, 2.24) is 4.90 Å². The molecule has 1 aromatic rings. The van der Waals surface area contributed by atoms with Crippen molar-refractivity contribution in [1.29, 1.82) is 0 Å². The molecule has 1 unspecified atom stereocenters. The molecule has 5 heteroatoms. The van der Waals surface area contributed by atoms with E-state index in [0.717, 1.165) is 31.5 Å². The molecule has 1 saturated heterocycles. The highest BCUT2D eigenvalue weighted by atomic mass is 19.1. The number of carbonyl (C=O) groups is 1. The van der Waals surface area contributed by atoms with Crippen LogP contribution in [0.4, 0.5) is 8.78 Å². The number of hydrogen-bond donors (Lipinski definition) is 1. The maximum Gasteiger partial charge on any atom is 0.182 e. The summed E-state index contributed by atoms with van der Waals surface area (Å²) in [4.78, 5) is 13.8. The van der Waals surface area contributed by atoms with E-state index < -0.39 is 23.0 Å². The number of hydrogen-bond acceptors (Lipinski definition) is 3. The van der Waals surface area contributed by atoms with Gasteiger partial charge in [-0.15, -0.1) is 0 Å². The average molecular weight is 269 g/mol. The van der Waals surface area contributed by atoms with Gasteiger partial charge in [-0.05, 0) is 37.4 Å². The zero-order valence-electron chi connectivity index (χ0n) is 10.6. The fraction of sp³-hybridized carbons (Fsp3) is 0.500. The predicted octanol–water partition coefficient (Wildman–Crippen LogP) is 1.85. The lowest BCUT2D eigenvalue weighted by atomic mass is 9.98. The monoisotopic (exact) mass is 269 g/mol. The fourth-order valence-electron chi connectivity index (χ4n) is 2.49. The average Bonchev–Trinajstić information content (AvgIpc) is 2.38. The number of rotatable bonds is 4. The predicted molar refractivity (Wildman–Crippen MR) is 66.9 cm³/mol. The summed E-state index contributed by atoms with van der Waals surface area (Å²) in [6.07, 6.45) is 1.81. The summed E-state index contributed by atoms with van der Waals surface area (Å²) in [5, 5.41) is 9.12. The molecule has 1 aliphatic heterocycles. The minimum absolute atomic E-state index is 0.00560. The SMILES string of the molecule is O=C(CN1CCCC(CO)C1)c1c(F)cccc1F. The zero-order valence-corrected chi connectivity index (χ0v) is 10.6. The van der Waals surface area contributed by atoms with Crippen LogP contribution in [0.15, 0.2) is 18.2 Å².